The first kappa shape index (κ1) is 28.7. The average molecular weight is 539 g/mol. The second-order valence-corrected chi connectivity index (χ2v) is 9.20. The molecule has 3 rings (SSSR count). The van der Waals surface area contributed by atoms with Crippen molar-refractivity contribution in [2.45, 2.75) is 30.2 Å². The lowest BCUT2D eigenvalue weighted by molar-refractivity contribution is -0.138. The SMILES string of the molecule is O=C(O)CCOCCOCCOCCOCCSc1cccc2c1C(=O)N(C1CCC(=O)NC1=O)C2=O. The number of ether oxygens (including phenoxy) is 4. The first-order chi connectivity index (χ1) is 17.9. The normalized spacial score (nSPS) is 17.3. The highest BCUT2D eigenvalue weighted by Gasteiger charge is 2.45. The Morgan fingerprint density at radius 2 is 1.54 bits per heavy atom. The van der Waals surface area contributed by atoms with E-state index in [9.17, 15) is 24.0 Å². The molecule has 1 atom stereocenters. The molecule has 2 N–H and O–H groups in total. The van der Waals surface area contributed by atoms with Gasteiger partial charge in [-0.15, -0.1) is 11.8 Å². The molecule has 4 amide bonds. The maximum Gasteiger partial charge on any atom is 0.305 e. The van der Waals surface area contributed by atoms with Crippen LogP contribution in [0.2, 0.25) is 0 Å². The van der Waals surface area contributed by atoms with Gasteiger partial charge in [-0.25, -0.2) is 0 Å². The number of amides is 4. The number of benzene rings is 1. The number of carboxylic acids is 1. The van der Waals surface area contributed by atoms with Gasteiger partial charge in [-0.2, -0.15) is 0 Å². The molecule has 0 saturated carbocycles. The van der Waals surface area contributed by atoms with Crippen LogP contribution >= 0.6 is 11.8 Å². The molecule has 1 saturated heterocycles. The fraction of sp³-hybridized carbons (Fsp3) is 0.542. The molecule has 2 aliphatic rings. The third kappa shape index (κ3) is 8.33. The van der Waals surface area contributed by atoms with Crippen molar-refractivity contribution in [3.05, 3.63) is 29.3 Å². The first-order valence-electron chi connectivity index (χ1n) is 11.9. The zero-order chi connectivity index (χ0) is 26.6. The molecule has 0 radical (unpaired) electrons. The summed E-state index contributed by atoms with van der Waals surface area (Å²) >= 11 is 1.38. The summed E-state index contributed by atoms with van der Waals surface area (Å²) in [5.41, 5.74) is 0.529. The molecule has 37 heavy (non-hydrogen) atoms. The van der Waals surface area contributed by atoms with E-state index < -0.39 is 35.6 Å². The molecule has 12 nitrogen and oxygen atoms in total. The zero-order valence-corrected chi connectivity index (χ0v) is 21.1. The fourth-order valence-corrected chi connectivity index (χ4v) is 4.67. The lowest BCUT2D eigenvalue weighted by Gasteiger charge is -2.27. The van der Waals surface area contributed by atoms with Crippen molar-refractivity contribution in [3.8, 4) is 0 Å². The van der Waals surface area contributed by atoms with Crippen LogP contribution in [0.3, 0.4) is 0 Å². The van der Waals surface area contributed by atoms with Crippen molar-refractivity contribution in [2.24, 2.45) is 0 Å². The van der Waals surface area contributed by atoms with Crippen LogP contribution in [0.25, 0.3) is 0 Å². The van der Waals surface area contributed by atoms with Crippen LogP contribution in [0.4, 0.5) is 0 Å². The second-order valence-electron chi connectivity index (χ2n) is 8.07. The monoisotopic (exact) mass is 538 g/mol. The van der Waals surface area contributed by atoms with Crippen molar-refractivity contribution in [2.75, 3.05) is 58.6 Å². The Kier molecular flexibility index (Phi) is 11.5. The van der Waals surface area contributed by atoms with E-state index >= 15 is 0 Å². The standard InChI is InChI=1S/C24H30N2O10S/c27-19-5-4-17(22(30)25-19)26-23(31)16-2-1-3-18(21(16)24(26)32)37-15-14-36-13-12-35-11-10-34-9-8-33-7-6-20(28)29/h1-3,17H,4-15H2,(H,28,29)(H,25,27,30). The van der Waals surface area contributed by atoms with Gasteiger partial charge in [-0.05, 0) is 18.6 Å². The maximum absolute atomic E-state index is 13.1. The minimum absolute atomic E-state index is 0.0316. The molecule has 0 bridgehead atoms. The Hall–Kier alpha value is -2.84. The molecule has 0 spiro atoms. The molecule has 1 aromatic rings. The van der Waals surface area contributed by atoms with Crippen LogP contribution in [0.1, 0.15) is 40.0 Å². The summed E-state index contributed by atoms with van der Waals surface area (Å²) < 4.78 is 21.4. The van der Waals surface area contributed by atoms with Gasteiger partial charge >= 0.3 is 5.97 Å². The van der Waals surface area contributed by atoms with Crippen molar-refractivity contribution >= 4 is 41.4 Å². The number of nitrogens with zero attached hydrogens (tertiary/aromatic N) is 1. The number of carboxylic acid groups (broad SMARTS) is 1. The smallest absolute Gasteiger partial charge is 0.305 e. The molecular weight excluding hydrogens is 508 g/mol. The van der Waals surface area contributed by atoms with E-state index in [1.165, 1.54) is 11.8 Å². The van der Waals surface area contributed by atoms with Gasteiger partial charge in [0.15, 0.2) is 0 Å². The highest BCUT2D eigenvalue weighted by molar-refractivity contribution is 7.99. The summed E-state index contributed by atoms with van der Waals surface area (Å²) in [6.07, 6.45) is 0.157. The summed E-state index contributed by atoms with van der Waals surface area (Å²) in [4.78, 5) is 61.5. The lowest BCUT2D eigenvalue weighted by atomic mass is 10.0. The Morgan fingerprint density at radius 1 is 0.919 bits per heavy atom. The number of hydrogen-bond acceptors (Lipinski definition) is 10. The van der Waals surface area contributed by atoms with E-state index in [0.717, 1.165) is 4.90 Å². The van der Waals surface area contributed by atoms with Gasteiger partial charge in [0, 0.05) is 17.1 Å². The number of fused-ring (bicyclic) bond motifs is 1. The minimum Gasteiger partial charge on any atom is -0.481 e. The summed E-state index contributed by atoms with van der Waals surface area (Å²) in [7, 11) is 0. The molecule has 2 aliphatic heterocycles. The summed E-state index contributed by atoms with van der Waals surface area (Å²) in [6, 6.07) is 4.02. The predicted octanol–water partition coefficient (Wildman–Crippen LogP) is 0.721. The van der Waals surface area contributed by atoms with E-state index in [1.54, 1.807) is 18.2 Å². The van der Waals surface area contributed by atoms with Crippen LogP contribution in [-0.2, 0) is 33.3 Å². The molecular formula is C24H30N2O10S. The lowest BCUT2D eigenvalue weighted by Crippen LogP contribution is -2.54. The topological polar surface area (TPSA) is 158 Å². The number of thioether (sulfide) groups is 1. The fourth-order valence-electron chi connectivity index (χ4n) is 3.74. The minimum atomic E-state index is -0.992. The Balaban J connectivity index is 1.30. The van der Waals surface area contributed by atoms with Crippen LogP contribution in [-0.4, -0.2) is 104 Å². The van der Waals surface area contributed by atoms with Crippen molar-refractivity contribution in [1.29, 1.82) is 0 Å². The van der Waals surface area contributed by atoms with Crippen molar-refractivity contribution in [3.63, 3.8) is 0 Å². The molecule has 13 heteroatoms. The van der Waals surface area contributed by atoms with E-state index in [-0.39, 0.29) is 37.0 Å². The van der Waals surface area contributed by atoms with Crippen LogP contribution < -0.4 is 5.32 Å². The first-order valence-corrected chi connectivity index (χ1v) is 12.9. The number of aliphatic carboxylic acids is 1. The molecule has 202 valence electrons. The highest BCUT2D eigenvalue weighted by atomic mass is 32.2. The molecule has 1 fully saturated rings. The molecule has 2 heterocycles. The Morgan fingerprint density at radius 3 is 2.16 bits per heavy atom. The maximum atomic E-state index is 13.1. The quantitative estimate of drug-likeness (QED) is 0.164. The third-order valence-electron chi connectivity index (χ3n) is 5.49. The number of nitrogens with one attached hydrogen (secondary N) is 1. The number of carbonyl (C=O) groups is 5. The Bertz CT molecular complexity index is 1000. The molecule has 0 aliphatic carbocycles. The zero-order valence-electron chi connectivity index (χ0n) is 20.3. The van der Waals surface area contributed by atoms with Gasteiger partial charge < -0.3 is 24.1 Å². The summed E-state index contributed by atoms with van der Waals surface area (Å²) in [5, 5.41) is 10.7. The van der Waals surface area contributed by atoms with E-state index in [2.05, 4.69) is 5.32 Å². The average Bonchev–Trinajstić information content (AvgIpc) is 3.12. The van der Waals surface area contributed by atoms with E-state index in [1.807, 2.05) is 0 Å². The van der Waals surface area contributed by atoms with Gasteiger partial charge in [0.25, 0.3) is 11.8 Å². The Labute approximate surface area is 217 Å². The van der Waals surface area contributed by atoms with Gasteiger partial charge in [-0.1, -0.05) is 6.07 Å². The summed E-state index contributed by atoms with van der Waals surface area (Å²) in [6.45, 7) is 2.80. The number of imide groups is 2. The van der Waals surface area contributed by atoms with Crippen LogP contribution in [0.15, 0.2) is 23.1 Å². The van der Waals surface area contributed by atoms with Crippen molar-refractivity contribution in [1.82, 2.24) is 10.2 Å². The van der Waals surface area contributed by atoms with Gasteiger partial charge in [0.05, 0.1) is 70.4 Å². The van der Waals surface area contributed by atoms with Crippen LogP contribution in [0, 0.1) is 0 Å². The molecule has 1 aromatic carbocycles. The van der Waals surface area contributed by atoms with E-state index in [0.29, 0.717) is 56.9 Å². The van der Waals surface area contributed by atoms with E-state index in [4.69, 9.17) is 24.1 Å². The number of carbonyl (C=O) groups excluding carboxylic acids is 4. The summed E-state index contributed by atoms with van der Waals surface area (Å²) in [5.74, 6) is -2.46. The number of rotatable bonds is 17. The number of hydrogen-bond donors (Lipinski definition) is 2. The molecule has 1 unspecified atom stereocenters. The number of piperidine rings is 1. The molecule has 0 aromatic heterocycles. The van der Waals surface area contributed by atoms with Crippen LogP contribution in [0.5, 0.6) is 0 Å². The predicted molar refractivity (Wildman–Crippen MR) is 129 cm³/mol. The van der Waals surface area contributed by atoms with Gasteiger partial charge in [0.1, 0.15) is 6.04 Å². The second kappa shape index (κ2) is 14.8. The third-order valence-corrected chi connectivity index (χ3v) is 6.51. The largest absolute Gasteiger partial charge is 0.481 e. The van der Waals surface area contributed by atoms with Gasteiger partial charge in [-0.3, -0.25) is 34.2 Å². The van der Waals surface area contributed by atoms with Gasteiger partial charge in [0.2, 0.25) is 11.8 Å². The van der Waals surface area contributed by atoms with Crippen molar-refractivity contribution < 1.29 is 48.0 Å². The highest BCUT2D eigenvalue weighted by Crippen LogP contribution is 2.34.